The van der Waals surface area contributed by atoms with Crippen LogP contribution in [0.2, 0.25) is 0 Å². The third kappa shape index (κ3) is 21.7. The number of hydrogen-bond acceptors (Lipinski definition) is 11. The molecule has 1 aromatic carbocycles. The molecule has 0 saturated carbocycles. The topological polar surface area (TPSA) is 343 Å². The number of carbonyl (C=O) groups excluding carboxylic acids is 7. The van der Waals surface area contributed by atoms with Gasteiger partial charge in [-0.3, -0.25) is 38.6 Å². The highest BCUT2D eigenvalue weighted by atomic mass is 16.5. The third-order valence-corrected chi connectivity index (χ3v) is 12.2. The molecule has 0 aliphatic carbocycles. The van der Waals surface area contributed by atoms with Gasteiger partial charge in [-0.1, -0.05) is 102 Å². The molecule has 9 atom stereocenters. The molecule has 1 fully saturated rings. The minimum atomic E-state index is -1.89. The Morgan fingerprint density at radius 2 is 1.37 bits per heavy atom. The van der Waals surface area contributed by atoms with Crippen LogP contribution in [0.25, 0.3) is 0 Å². The van der Waals surface area contributed by atoms with Crippen LogP contribution in [0.3, 0.4) is 0 Å². The van der Waals surface area contributed by atoms with E-state index in [1.807, 2.05) is 36.4 Å². The Balaban J connectivity index is 2.75. The fourth-order valence-corrected chi connectivity index (χ4v) is 7.65. The molecular formula is C51H78N10O12. The van der Waals surface area contributed by atoms with Gasteiger partial charge in [-0.15, -0.1) is 0 Å². The quantitative estimate of drug-likeness (QED) is 0.0347. The number of nitrogens with one attached hydrogen (secondary N) is 6. The van der Waals surface area contributed by atoms with E-state index in [2.05, 4.69) is 43.5 Å². The summed E-state index contributed by atoms with van der Waals surface area (Å²) < 4.78 is 5.71. The number of aliphatic carboxylic acids is 2. The summed E-state index contributed by atoms with van der Waals surface area (Å²) >= 11 is 0. The van der Waals surface area contributed by atoms with E-state index in [-0.39, 0.29) is 56.1 Å². The number of hydrogen-bond donors (Lipinski definition) is 10. The van der Waals surface area contributed by atoms with E-state index in [0.717, 1.165) is 10.5 Å². The summed E-state index contributed by atoms with van der Waals surface area (Å²) in [7, 11) is 2.83. The maximum Gasteiger partial charge on any atom is 0.327 e. The minimum absolute atomic E-state index is 0.00874. The second-order valence-corrected chi connectivity index (χ2v) is 19.2. The largest absolute Gasteiger partial charge is 0.480 e. The van der Waals surface area contributed by atoms with E-state index >= 15 is 0 Å². The smallest absolute Gasteiger partial charge is 0.327 e. The Kier molecular flexibility index (Phi) is 26.1. The Labute approximate surface area is 428 Å². The monoisotopic (exact) mass is 1020 g/mol. The molecule has 1 aliphatic heterocycles. The van der Waals surface area contributed by atoms with Gasteiger partial charge in [0.1, 0.15) is 35.9 Å². The summed E-state index contributed by atoms with van der Waals surface area (Å²) in [5.41, 5.74) is 12.4. The van der Waals surface area contributed by atoms with Crippen molar-refractivity contribution in [2.24, 2.45) is 40.1 Å². The zero-order chi connectivity index (χ0) is 55.1. The molecule has 1 saturated heterocycles. The van der Waals surface area contributed by atoms with Gasteiger partial charge in [0.15, 0.2) is 5.96 Å². The number of aliphatic imine (C=N–C) groups is 1. The lowest BCUT2D eigenvalue weighted by Gasteiger charge is -2.29. The first-order valence-electron chi connectivity index (χ1n) is 24.5. The van der Waals surface area contributed by atoms with Crippen LogP contribution < -0.4 is 43.4 Å². The van der Waals surface area contributed by atoms with Gasteiger partial charge < -0.3 is 63.2 Å². The highest BCUT2D eigenvalue weighted by Gasteiger charge is 2.38. The summed E-state index contributed by atoms with van der Waals surface area (Å²) in [6.07, 6.45) is 5.20. The number of benzene rings is 1. The van der Waals surface area contributed by atoms with Crippen molar-refractivity contribution >= 4 is 59.2 Å². The molecule has 404 valence electrons. The molecule has 7 amide bonds. The van der Waals surface area contributed by atoms with Gasteiger partial charge in [0.2, 0.25) is 35.4 Å². The maximum absolute atomic E-state index is 14.4. The summed E-state index contributed by atoms with van der Waals surface area (Å²) in [5, 5.41) is 36.0. The van der Waals surface area contributed by atoms with Crippen LogP contribution >= 0.6 is 0 Å². The predicted octanol–water partition coefficient (Wildman–Crippen LogP) is 1.40. The molecule has 2 rings (SSSR count). The highest BCUT2D eigenvalue weighted by Crippen LogP contribution is 2.17. The molecule has 0 spiro atoms. The fourth-order valence-electron chi connectivity index (χ4n) is 7.65. The Morgan fingerprint density at radius 1 is 0.808 bits per heavy atom. The van der Waals surface area contributed by atoms with Crippen LogP contribution in [0.5, 0.6) is 0 Å². The van der Waals surface area contributed by atoms with Crippen molar-refractivity contribution in [3.63, 3.8) is 0 Å². The number of nitrogens with zero attached hydrogens (tertiary/aromatic N) is 2. The zero-order valence-corrected chi connectivity index (χ0v) is 43.6. The van der Waals surface area contributed by atoms with Gasteiger partial charge in [-0.2, -0.15) is 0 Å². The number of methoxy groups -OCH3 is 1. The first-order chi connectivity index (χ1) is 34.2. The molecule has 12 N–H and O–H groups in total. The van der Waals surface area contributed by atoms with Gasteiger partial charge in [0.05, 0.1) is 24.0 Å². The van der Waals surface area contributed by atoms with Crippen molar-refractivity contribution in [2.45, 2.75) is 142 Å². The fraction of sp³-hybridized carbons (Fsp3) is 0.569. The number of nitrogens with two attached hydrogens (primary N) is 2. The van der Waals surface area contributed by atoms with Crippen LogP contribution in [0, 0.1) is 23.7 Å². The Morgan fingerprint density at radius 3 is 1.93 bits per heavy atom. The number of allylic oxidation sites excluding steroid dienone is 2. The lowest BCUT2D eigenvalue weighted by Crippen LogP contribution is -2.59. The number of carboxylic acid groups (broad SMARTS) is 2. The average molecular weight is 1020 g/mol. The molecule has 0 unspecified atom stereocenters. The number of guanidine groups is 1. The second-order valence-electron chi connectivity index (χ2n) is 19.2. The molecule has 22 nitrogen and oxygen atoms in total. The van der Waals surface area contributed by atoms with Crippen molar-refractivity contribution in [3.8, 4) is 0 Å². The molecule has 73 heavy (non-hydrogen) atoms. The number of amides is 7. The number of carboxylic acids is 2. The molecule has 1 heterocycles. The third-order valence-electron chi connectivity index (χ3n) is 12.2. The predicted molar refractivity (Wildman–Crippen MR) is 274 cm³/mol. The molecule has 1 aromatic rings. The van der Waals surface area contributed by atoms with Crippen molar-refractivity contribution < 1.29 is 58.1 Å². The molecule has 0 radical (unpaired) electrons. The highest BCUT2D eigenvalue weighted by molar-refractivity contribution is 6.00. The Hall–Kier alpha value is -7.10. The molecule has 0 aromatic heterocycles. The van der Waals surface area contributed by atoms with Crippen LogP contribution in [0.15, 0.2) is 71.4 Å². The van der Waals surface area contributed by atoms with E-state index in [0.29, 0.717) is 18.4 Å². The maximum atomic E-state index is 14.4. The van der Waals surface area contributed by atoms with Gasteiger partial charge in [-0.25, -0.2) is 9.59 Å². The summed E-state index contributed by atoms with van der Waals surface area (Å²) in [5.74, 6) is -12.5. The van der Waals surface area contributed by atoms with Gasteiger partial charge in [-0.05, 0) is 69.3 Å². The summed E-state index contributed by atoms with van der Waals surface area (Å²) in [6, 6.07) is 1.02. The first kappa shape index (κ1) is 62.0. The van der Waals surface area contributed by atoms with Crippen molar-refractivity contribution in [3.05, 3.63) is 72.0 Å². The molecule has 22 heteroatoms. The molecule has 1 aliphatic rings. The van der Waals surface area contributed by atoms with Crippen LogP contribution in [0.4, 0.5) is 0 Å². The second kappa shape index (κ2) is 30.7. The molecular weight excluding hydrogens is 945 g/mol. The van der Waals surface area contributed by atoms with E-state index in [1.54, 1.807) is 47.8 Å². The minimum Gasteiger partial charge on any atom is -0.480 e. The van der Waals surface area contributed by atoms with Gasteiger partial charge in [0, 0.05) is 27.1 Å². The number of ether oxygens (including phenoxy) is 1. The standard InChI is InChI=1S/C51H78N10O12/c1-28(2)25-39-47(67)59-40(26-29(3)4)48(68)60-42(50(71)72)32(7)44(64)56-37(17-14-24-54-51(52)53)46(66)55-36(21-19-30(5)18-20-35(73-10)27-34-15-12-11-13-16-34)31(6)43(63)57-38(49(69)70)22-23-41(62)61(9)33(8)45(65)58-39/h11-13,15-16,18-19,21,28-29,31-32,35-40,42H,8,14,17,20,22-27H2,1-7,9-10H3,(H,55,66)(H,56,64)(H,57,63)(H,58,65)(H,59,67)(H,60,68)(H,69,70)(H,71,72)(H4,52,53,54)/b21-19?,30-18+/t31-,32-,35+,36-,37-,38+,39+,40-,42+/m0/s1. The average Bonchev–Trinajstić information content (AvgIpc) is 3.32. The van der Waals surface area contributed by atoms with Crippen LogP contribution in [0.1, 0.15) is 99.0 Å². The van der Waals surface area contributed by atoms with Gasteiger partial charge in [0.25, 0.3) is 5.91 Å². The summed E-state index contributed by atoms with van der Waals surface area (Å²) in [4.78, 5) is 127. The van der Waals surface area contributed by atoms with E-state index in [1.165, 1.54) is 27.0 Å². The van der Waals surface area contributed by atoms with E-state index in [4.69, 9.17) is 16.2 Å². The normalized spacial score (nSPS) is 24.6. The van der Waals surface area contributed by atoms with Gasteiger partial charge >= 0.3 is 11.9 Å². The lowest BCUT2D eigenvalue weighted by molar-refractivity contribution is -0.146. The number of carbonyl (C=O) groups is 9. The number of likely N-dealkylation sites (N-methyl/N-ethyl adjacent to an activating group) is 1. The van der Waals surface area contributed by atoms with Crippen LogP contribution in [-0.4, -0.2) is 137 Å². The first-order valence-corrected chi connectivity index (χ1v) is 24.5. The van der Waals surface area contributed by atoms with E-state index < -0.39 is 120 Å². The van der Waals surface area contributed by atoms with Crippen LogP contribution in [-0.2, 0) is 54.3 Å². The van der Waals surface area contributed by atoms with Crippen molar-refractivity contribution in [1.82, 2.24) is 36.8 Å². The van der Waals surface area contributed by atoms with E-state index in [9.17, 15) is 53.4 Å². The SMILES string of the molecule is C=C1C(=O)N[C@H](CC(C)C)C(=O)N[C@@H](CC(C)C)C(=O)N[C@@H](C(=O)O)[C@H](C)C(=O)N[C@@H](CCCN=C(N)N)C(=O)N[C@@H](C=C/C(C)=C/C[C@H](Cc2ccccc2)OC)[C@H](C)C(=O)N[C@@H](C(=O)O)CCC(=O)N1C. The lowest BCUT2D eigenvalue weighted by atomic mass is 9.96. The summed E-state index contributed by atoms with van der Waals surface area (Å²) in [6.45, 7) is 15.3. The Bertz CT molecular complexity index is 2190. The molecule has 0 bridgehead atoms. The van der Waals surface area contributed by atoms with Crippen molar-refractivity contribution in [1.29, 1.82) is 0 Å². The number of rotatable bonds is 17. The zero-order valence-electron chi connectivity index (χ0n) is 43.6. The van der Waals surface area contributed by atoms with Crippen molar-refractivity contribution in [2.75, 3.05) is 20.7 Å².